The van der Waals surface area contributed by atoms with Gasteiger partial charge in [-0.15, -0.1) is 0 Å². The molecule has 0 fully saturated rings. The highest BCUT2D eigenvalue weighted by molar-refractivity contribution is 5.55. The Balaban J connectivity index is 2.46. The summed E-state index contributed by atoms with van der Waals surface area (Å²) in [7, 11) is 0. The number of nitrogens with zero attached hydrogens (tertiary/aromatic N) is 1. The van der Waals surface area contributed by atoms with E-state index in [2.05, 4.69) is 12.1 Å². The first-order valence-corrected chi connectivity index (χ1v) is 3.64. The van der Waals surface area contributed by atoms with Crippen LogP contribution in [0.15, 0.2) is 30.5 Å². The first-order valence-electron chi connectivity index (χ1n) is 3.64. The zero-order valence-electron chi connectivity index (χ0n) is 6.20. The highest BCUT2D eigenvalue weighted by atomic mass is 15.4. The summed E-state index contributed by atoms with van der Waals surface area (Å²) in [5.74, 6) is 5.60. The van der Waals surface area contributed by atoms with Crippen LogP contribution in [0.5, 0.6) is 0 Å². The third-order valence-corrected chi connectivity index (χ3v) is 1.85. The fraction of sp³-hybridized carbons (Fsp3) is 0.111. The van der Waals surface area contributed by atoms with Crippen molar-refractivity contribution in [1.29, 1.82) is 0 Å². The largest absolute Gasteiger partial charge is 0.314 e. The summed E-state index contributed by atoms with van der Waals surface area (Å²) in [4.78, 5) is 0. The molecule has 2 heteroatoms. The lowest BCUT2D eigenvalue weighted by molar-refractivity contribution is 0.384. The molecule has 0 aromatic heterocycles. The SMILES string of the molecule is NN1C=Cc2ccccc2C1. The van der Waals surface area contributed by atoms with E-state index >= 15 is 0 Å². The molecule has 1 heterocycles. The lowest BCUT2D eigenvalue weighted by atomic mass is 10.1. The Hall–Kier alpha value is -1.28. The molecule has 1 aromatic rings. The molecule has 0 atom stereocenters. The van der Waals surface area contributed by atoms with Crippen LogP contribution in [0.1, 0.15) is 11.1 Å². The zero-order chi connectivity index (χ0) is 7.68. The van der Waals surface area contributed by atoms with Gasteiger partial charge in [0.1, 0.15) is 0 Å². The Morgan fingerprint density at radius 3 is 3.00 bits per heavy atom. The second kappa shape index (κ2) is 2.40. The minimum absolute atomic E-state index is 0.812. The van der Waals surface area contributed by atoms with Gasteiger partial charge in [0.15, 0.2) is 0 Å². The van der Waals surface area contributed by atoms with E-state index in [0.717, 1.165) is 6.54 Å². The summed E-state index contributed by atoms with van der Waals surface area (Å²) in [5, 5.41) is 1.68. The highest BCUT2D eigenvalue weighted by Gasteiger charge is 2.04. The van der Waals surface area contributed by atoms with Crippen molar-refractivity contribution in [2.75, 3.05) is 0 Å². The molecule has 56 valence electrons. The van der Waals surface area contributed by atoms with Gasteiger partial charge >= 0.3 is 0 Å². The van der Waals surface area contributed by atoms with Gasteiger partial charge in [-0.2, -0.15) is 0 Å². The van der Waals surface area contributed by atoms with Crippen molar-refractivity contribution >= 4 is 6.08 Å². The quantitative estimate of drug-likeness (QED) is 0.560. The van der Waals surface area contributed by atoms with Crippen molar-refractivity contribution in [3.05, 3.63) is 41.6 Å². The lowest BCUT2D eigenvalue weighted by Gasteiger charge is -2.19. The van der Waals surface area contributed by atoms with E-state index in [0.29, 0.717) is 0 Å². The highest BCUT2D eigenvalue weighted by Crippen LogP contribution is 2.16. The molecule has 2 rings (SSSR count). The van der Waals surface area contributed by atoms with E-state index in [9.17, 15) is 0 Å². The number of hydrazine groups is 1. The molecule has 1 aromatic carbocycles. The van der Waals surface area contributed by atoms with Crippen molar-refractivity contribution in [3.8, 4) is 0 Å². The van der Waals surface area contributed by atoms with Crippen molar-refractivity contribution in [1.82, 2.24) is 5.01 Å². The summed E-state index contributed by atoms with van der Waals surface area (Å²) >= 11 is 0. The second-order valence-electron chi connectivity index (χ2n) is 2.69. The van der Waals surface area contributed by atoms with Crippen LogP contribution in [-0.2, 0) is 6.54 Å². The summed E-state index contributed by atoms with van der Waals surface area (Å²) in [6.45, 7) is 0.812. The van der Waals surface area contributed by atoms with Gasteiger partial charge in [-0.3, -0.25) is 0 Å². The van der Waals surface area contributed by atoms with Crippen molar-refractivity contribution in [2.24, 2.45) is 5.84 Å². The van der Waals surface area contributed by atoms with E-state index in [1.165, 1.54) is 11.1 Å². The van der Waals surface area contributed by atoms with Crippen LogP contribution >= 0.6 is 0 Å². The molecule has 0 aliphatic carbocycles. The van der Waals surface area contributed by atoms with Crippen LogP contribution in [0.3, 0.4) is 0 Å². The normalized spacial score (nSPS) is 14.8. The molecule has 0 bridgehead atoms. The minimum Gasteiger partial charge on any atom is -0.314 e. The molecule has 0 unspecified atom stereocenters. The van der Waals surface area contributed by atoms with Crippen molar-refractivity contribution in [3.63, 3.8) is 0 Å². The standard InChI is InChI=1S/C9H10N2/c10-11-6-5-8-3-1-2-4-9(8)7-11/h1-6H,7,10H2. The summed E-state index contributed by atoms with van der Waals surface area (Å²) in [5.41, 5.74) is 2.56. The molecular formula is C9H10N2. The number of nitrogens with two attached hydrogens (primary N) is 1. The zero-order valence-corrected chi connectivity index (χ0v) is 6.20. The average Bonchev–Trinajstić information content (AvgIpc) is 2.04. The van der Waals surface area contributed by atoms with Gasteiger partial charge in [0, 0.05) is 6.20 Å². The van der Waals surface area contributed by atoms with Crippen LogP contribution in [0.4, 0.5) is 0 Å². The van der Waals surface area contributed by atoms with Gasteiger partial charge in [-0.05, 0) is 17.2 Å². The molecule has 1 aliphatic rings. The predicted octanol–water partition coefficient (Wildman–Crippen LogP) is 1.35. The van der Waals surface area contributed by atoms with E-state index in [1.54, 1.807) is 5.01 Å². The maximum atomic E-state index is 5.60. The Kier molecular flexibility index (Phi) is 1.40. The predicted molar refractivity (Wildman–Crippen MR) is 45.2 cm³/mol. The third-order valence-electron chi connectivity index (χ3n) is 1.85. The Bertz CT molecular complexity index is 291. The van der Waals surface area contributed by atoms with Gasteiger partial charge in [0.25, 0.3) is 0 Å². The molecule has 0 spiro atoms. The van der Waals surface area contributed by atoms with Crippen LogP contribution < -0.4 is 5.84 Å². The van der Waals surface area contributed by atoms with Crippen LogP contribution in [0.25, 0.3) is 6.08 Å². The Morgan fingerprint density at radius 1 is 1.27 bits per heavy atom. The number of hydrogen-bond acceptors (Lipinski definition) is 2. The molecule has 2 nitrogen and oxygen atoms in total. The van der Waals surface area contributed by atoms with Crippen LogP contribution in [-0.4, -0.2) is 5.01 Å². The van der Waals surface area contributed by atoms with Crippen molar-refractivity contribution < 1.29 is 0 Å². The second-order valence-corrected chi connectivity index (χ2v) is 2.69. The number of fused-ring (bicyclic) bond motifs is 1. The molecular weight excluding hydrogens is 136 g/mol. The van der Waals surface area contributed by atoms with Crippen LogP contribution in [0.2, 0.25) is 0 Å². The van der Waals surface area contributed by atoms with Gasteiger partial charge in [-0.1, -0.05) is 24.3 Å². The lowest BCUT2D eigenvalue weighted by Crippen LogP contribution is -2.26. The molecule has 11 heavy (non-hydrogen) atoms. The summed E-state index contributed by atoms with van der Waals surface area (Å²) < 4.78 is 0. The van der Waals surface area contributed by atoms with E-state index in [4.69, 9.17) is 5.84 Å². The van der Waals surface area contributed by atoms with Crippen molar-refractivity contribution in [2.45, 2.75) is 6.54 Å². The smallest absolute Gasteiger partial charge is 0.0591 e. The molecule has 1 aliphatic heterocycles. The topological polar surface area (TPSA) is 29.3 Å². The van der Waals surface area contributed by atoms with E-state index in [-0.39, 0.29) is 0 Å². The molecule has 0 radical (unpaired) electrons. The fourth-order valence-electron chi connectivity index (χ4n) is 1.27. The fourth-order valence-corrected chi connectivity index (χ4v) is 1.27. The van der Waals surface area contributed by atoms with Gasteiger partial charge in [0.2, 0.25) is 0 Å². The van der Waals surface area contributed by atoms with Gasteiger partial charge in [0.05, 0.1) is 6.54 Å². The monoisotopic (exact) mass is 146 g/mol. The van der Waals surface area contributed by atoms with Gasteiger partial charge in [-0.25, -0.2) is 5.84 Å². The number of benzene rings is 1. The van der Waals surface area contributed by atoms with E-state index in [1.807, 2.05) is 24.4 Å². The maximum Gasteiger partial charge on any atom is 0.0591 e. The molecule has 0 saturated carbocycles. The molecule has 0 saturated heterocycles. The summed E-state index contributed by atoms with van der Waals surface area (Å²) in [6, 6.07) is 8.26. The summed E-state index contributed by atoms with van der Waals surface area (Å²) in [6.07, 6.45) is 3.92. The first kappa shape index (κ1) is 6.43. The maximum absolute atomic E-state index is 5.60. The molecule has 2 N–H and O–H groups in total. The average molecular weight is 146 g/mol. The third kappa shape index (κ3) is 1.12. The van der Waals surface area contributed by atoms with Crippen LogP contribution in [0, 0.1) is 0 Å². The first-order chi connectivity index (χ1) is 5.36. The molecule has 0 amide bonds. The number of hydrogen-bond donors (Lipinski definition) is 1. The minimum atomic E-state index is 0.812. The number of rotatable bonds is 0. The van der Waals surface area contributed by atoms with E-state index < -0.39 is 0 Å². The van der Waals surface area contributed by atoms with Gasteiger partial charge < -0.3 is 5.01 Å². The Morgan fingerprint density at radius 2 is 2.09 bits per heavy atom. The Labute approximate surface area is 65.9 Å².